The van der Waals surface area contributed by atoms with Gasteiger partial charge in [0, 0.05) is 18.2 Å². The van der Waals surface area contributed by atoms with E-state index in [0.717, 1.165) is 18.2 Å². The number of esters is 3. The van der Waals surface area contributed by atoms with Gasteiger partial charge in [-0.2, -0.15) is 15.0 Å². The third-order valence-electron chi connectivity index (χ3n) is 2.47. The summed E-state index contributed by atoms with van der Waals surface area (Å²) in [6, 6.07) is 0. The van der Waals surface area contributed by atoms with Crippen molar-refractivity contribution in [2.24, 2.45) is 0 Å². The summed E-state index contributed by atoms with van der Waals surface area (Å²) in [7, 11) is 0. The predicted molar refractivity (Wildman–Crippen MR) is 94.2 cm³/mol. The van der Waals surface area contributed by atoms with Gasteiger partial charge >= 0.3 is 17.9 Å². The Morgan fingerprint density at radius 1 is 0.667 bits per heavy atom. The molecule has 0 amide bonds. The monoisotopic (exact) mass is 378 g/mol. The van der Waals surface area contributed by atoms with Crippen molar-refractivity contribution < 1.29 is 28.6 Å². The first-order valence-electron chi connectivity index (χ1n) is 7.33. The Morgan fingerprint density at radius 2 is 0.926 bits per heavy atom. The van der Waals surface area contributed by atoms with Crippen LogP contribution in [0.15, 0.2) is 38.0 Å². The van der Waals surface area contributed by atoms with E-state index in [1.165, 1.54) is 0 Å². The lowest BCUT2D eigenvalue weighted by Gasteiger charge is -2.11. The average molecular weight is 378 g/mol. The molecule has 0 aliphatic carbocycles. The predicted octanol–water partition coefficient (Wildman–Crippen LogP) is 0.167. The van der Waals surface area contributed by atoms with E-state index in [2.05, 4.69) is 50.6 Å². The highest BCUT2D eigenvalue weighted by molar-refractivity contribution is 5.82. The molecule has 0 fully saturated rings. The minimum Gasteiger partial charge on any atom is -0.441 e. The molecule has 0 saturated heterocycles. The largest absolute Gasteiger partial charge is 0.441 e. The molecule has 12 heteroatoms. The molecular weight excluding hydrogens is 360 g/mol. The summed E-state index contributed by atoms with van der Waals surface area (Å²) in [5.74, 6) is -1.84. The second-order valence-electron chi connectivity index (χ2n) is 4.27. The van der Waals surface area contributed by atoms with Crippen molar-refractivity contribution >= 4 is 35.8 Å². The summed E-state index contributed by atoms with van der Waals surface area (Å²) in [6.45, 7) is 9.10. The number of nitrogens with zero attached hydrogens (tertiary/aromatic N) is 3. The molecule has 3 N–H and O–H groups in total. The molecule has 0 unspecified atom stereocenters. The quantitative estimate of drug-likeness (QED) is 0.196. The van der Waals surface area contributed by atoms with Gasteiger partial charge < -0.3 is 30.2 Å². The molecule has 0 aliphatic rings. The lowest BCUT2D eigenvalue weighted by molar-refractivity contribution is -0.137. The number of ether oxygens (including phenoxy) is 3. The molecule has 1 rings (SSSR count). The van der Waals surface area contributed by atoms with E-state index < -0.39 is 17.9 Å². The molecule has 1 heterocycles. The van der Waals surface area contributed by atoms with Gasteiger partial charge in [0.2, 0.25) is 17.8 Å². The SMILES string of the molecule is C=CC(=O)OCNc1nc(NCOC(=O)C=C)nc(NCOC(=O)C=C)n1. The van der Waals surface area contributed by atoms with Crippen molar-refractivity contribution in [3.05, 3.63) is 38.0 Å². The highest BCUT2D eigenvalue weighted by Crippen LogP contribution is 2.09. The summed E-state index contributed by atoms with van der Waals surface area (Å²) in [5.41, 5.74) is 0. The van der Waals surface area contributed by atoms with Gasteiger partial charge in [-0.3, -0.25) is 0 Å². The Labute approximate surface area is 154 Å². The van der Waals surface area contributed by atoms with Crippen LogP contribution in [0, 0.1) is 0 Å². The van der Waals surface area contributed by atoms with Gasteiger partial charge in [-0.15, -0.1) is 0 Å². The number of aromatic nitrogens is 3. The van der Waals surface area contributed by atoms with Gasteiger partial charge in [0.15, 0.2) is 20.2 Å². The second kappa shape index (κ2) is 11.6. The van der Waals surface area contributed by atoms with Crippen LogP contribution in [0.3, 0.4) is 0 Å². The summed E-state index contributed by atoms with van der Waals surface area (Å²) < 4.78 is 14.3. The maximum atomic E-state index is 11.0. The standard InChI is InChI=1S/C15H18N6O6/c1-4-10(22)25-7-16-13-19-14(17-8-26-11(23)5-2)21-15(20-13)18-9-27-12(24)6-3/h4-6H,1-3,7-9H2,(H3,16,17,18,19,20,21). The van der Waals surface area contributed by atoms with Crippen LogP contribution in [-0.2, 0) is 28.6 Å². The molecule has 144 valence electrons. The van der Waals surface area contributed by atoms with Crippen LogP contribution >= 0.6 is 0 Å². The van der Waals surface area contributed by atoms with E-state index in [1.807, 2.05) is 0 Å². The van der Waals surface area contributed by atoms with Crippen molar-refractivity contribution in [3.63, 3.8) is 0 Å². The van der Waals surface area contributed by atoms with Crippen molar-refractivity contribution in [1.29, 1.82) is 0 Å². The number of nitrogens with one attached hydrogen (secondary N) is 3. The fourth-order valence-corrected chi connectivity index (χ4v) is 1.31. The molecule has 0 aromatic carbocycles. The molecule has 27 heavy (non-hydrogen) atoms. The van der Waals surface area contributed by atoms with Crippen molar-refractivity contribution in [2.75, 3.05) is 36.1 Å². The lowest BCUT2D eigenvalue weighted by atomic mass is 10.7. The van der Waals surface area contributed by atoms with Crippen LogP contribution in [0.4, 0.5) is 17.8 Å². The minimum atomic E-state index is -0.638. The Kier molecular flexibility index (Phi) is 9.03. The number of anilines is 3. The average Bonchev–Trinajstić information content (AvgIpc) is 2.67. The molecule has 0 spiro atoms. The van der Waals surface area contributed by atoms with Gasteiger partial charge in [0.1, 0.15) is 0 Å². The topological polar surface area (TPSA) is 154 Å². The van der Waals surface area contributed by atoms with Crippen LogP contribution in [0.25, 0.3) is 0 Å². The van der Waals surface area contributed by atoms with Crippen molar-refractivity contribution in [2.45, 2.75) is 0 Å². The molecule has 1 aromatic heterocycles. The van der Waals surface area contributed by atoms with Gasteiger partial charge in [-0.1, -0.05) is 19.7 Å². The fraction of sp³-hybridized carbons (Fsp3) is 0.200. The zero-order valence-electron chi connectivity index (χ0n) is 14.3. The summed E-state index contributed by atoms with van der Waals surface area (Å²) in [6.07, 6.45) is 2.99. The highest BCUT2D eigenvalue weighted by Gasteiger charge is 2.08. The van der Waals surface area contributed by atoms with Crippen LogP contribution in [-0.4, -0.2) is 53.1 Å². The molecule has 0 radical (unpaired) electrons. The van der Waals surface area contributed by atoms with E-state index in [0.29, 0.717) is 0 Å². The molecule has 12 nitrogen and oxygen atoms in total. The van der Waals surface area contributed by atoms with Crippen LogP contribution in [0.5, 0.6) is 0 Å². The van der Waals surface area contributed by atoms with E-state index in [9.17, 15) is 14.4 Å². The Bertz CT molecular complexity index is 615. The number of carbonyl (C=O) groups excluding carboxylic acids is 3. The normalized spacial score (nSPS) is 9.33. The first kappa shape index (κ1) is 21.1. The number of hydrogen-bond donors (Lipinski definition) is 3. The van der Waals surface area contributed by atoms with Crippen molar-refractivity contribution in [1.82, 2.24) is 15.0 Å². The number of carbonyl (C=O) groups is 3. The van der Waals surface area contributed by atoms with Gasteiger partial charge in [0.05, 0.1) is 0 Å². The Hall–Kier alpha value is -3.96. The lowest BCUT2D eigenvalue weighted by Crippen LogP contribution is -2.18. The van der Waals surface area contributed by atoms with Crippen LogP contribution in [0.1, 0.15) is 0 Å². The summed E-state index contributed by atoms with van der Waals surface area (Å²) >= 11 is 0. The second-order valence-corrected chi connectivity index (χ2v) is 4.27. The van der Waals surface area contributed by atoms with Gasteiger partial charge in [-0.25, -0.2) is 14.4 Å². The maximum absolute atomic E-state index is 11.0. The van der Waals surface area contributed by atoms with E-state index in [4.69, 9.17) is 14.2 Å². The van der Waals surface area contributed by atoms with E-state index in [-0.39, 0.29) is 38.0 Å². The highest BCUT2D eigenvalue weighted by atomic mass is 16.5. The zero-order chi connectivity index (χ0) is 20.1. The molecule has 0 bridgehead atoms. The third kappa shape index (κ3) is 8.62. The van der Waals surface area contributed by atoms with Gasteiger partial charge in [-0.05, 0) is 0 Å². The molecule has 0 saturated carbocycles. The summed E-state index contributed by atoms with van der Waals surface area (Å²) in [4.78, 5) is 45.1. The van der Waals surface area contributed by atoms with Crippen LogP contribution in [0.2, 0.25) is 0 Å². The third-order valence-corrected chi connectivity index (χ3v) is 2.47. The zero-order valence-corrected chi connectivity index (χ0v) is 14.3. The van der Waals surface area contributed by atoms with Gasteiger partial charge in [0.25, 0.3) is 0 Å². The number of rotatable bonds is 12. The molecule has 0 aliphatic heterocycles. The molecule has 1 aromatic rings. The first-order chi connectivity index (χ1) is 13.0. The van der Waals surface area contributed by atoms with E-state index >= 15 is 0 Å². The minimum absolute atomic E-state index is 0.0250. The Morgan fingerprint density at radius 3 is 1.15 bits per heavy atom. The maximum Gasteiger partial charge on any atom is 0.331 e. The number of hydrogen-bond acceptors (Lipinski definition) is 12. The smallest absolute Gasteiger partial charge is 0.331 e. The molecular formula is C15H18N6O6. The molecule has 0 atom stereocenters. The summed E-state index contributed by atoms with van der Waals surface area (Å²) in [5, 5.41) is 7.89. The van der Waals surface area contributed by atoms with Crippen LogP contribution < -0.4 is 16.0 Å². The first-order valence-corrected chi connectivity index (χ1v) is 7.33. The Balaban J connectivity index is 2.76. The van der Waals surface area contributed by atoms with E-state index in [1.54, 1.807) is 0 Å². The van der Waals surface area contributed by atoms with Crippen molar-refractivity contribution in [3.8, 4) is 0 Å². The fourth-order valence-electron chi connectivity index (χ4n) is 1.31.